The van der Waals surface area contributed by atoms with Gasteiger partial charge in [-0.3, -0.25) is 4.79 Å². The van der Waals surface area contributed by atoms with Crippen LogP contribution in [0.1, 0.15) is 64.7 Å². The molecule has 0 spiro atoms. The van der Waals surface area contributed by atoms with Gasteiger partial charge in [0.05, 0.1) is 0 Å². The van der Waals surface area contributed by atoms with Gasteiger partial charge in [0.25, 0.3) is 0 Å². The highest BCUT2D eigenvalue weighted by Crippen LogP contribution is 2.18. The highest BCUT2D eigenvalue weighted by Gasteiger charge is 2.28. The van der Waals surface area contributed by atoms with Crippen molar-refractivity contribution in [3.8, 4) is 0 Å². The number of hydrogen-bond acceptors (Lipinski definition) is 2. The number of rotatable bonds is 10. The number of carbonyl (C=O) groups excluding carboxylic acids is 1. The number of amides is 1. The Labute approximate surface area is 112 Å². The van der Waals surface area contributed by atoms with Gasteiger partial charge in [0, 0.05) is 32.0 Å². The second kappa shape index (κ2) is 9.37. The lowest BCUT2D eigenvalue weighted by Gasteiger charge is -2.15. The van der Waals surface area contributed by atoms with Crippen molar-refractivity contribution in [2.24, 2.45) is 5.92 Å². The molecule has 0 radical (unpaired) electrons. The molecule has 1 unspecified atom stereocenters. The number of carbonyl (C=O) groups is 1. The van der Waals surface area contributed by atoms with Gasteiger partial charge in [-0.2, -0.15) is 0 Å². The van der Waals surface area contributed by atoms with Crippen molar-refractivity contribution < 1.29 is 9.90 Å². The molecular weight excluding hydrogens is 226 g/mol. The molecule has 0 aromatic carbocycles. The van der Waals surface area contributed by atoms with Gasteiger partial charge >= 0.3 is 0 Å². The molecule has 0 aromatic rings. The van der Waals surface area contributed by atoms with Crippen molar-refractivity contribution in [3.05, 3.63) is 0 Å². The second-order valence-electron chi connectivity index (χ2n) is 5.57. The van der Waals surface area contributed by atoms with Crippen LogP contribution in [0, 0.1) is 5.92 Å². The van der Waals surface area contributed by atoms with Crippen LogP contribution in [0.2, 0.25) is 0 Å². The molecule has 3 heteroatoms. The minimum atomic E-state index is 0.152. The number of hydrogen-bond donors (Lipinski definition) is 1. The Bertz CT molecular complexity index is 231. The number of nitrogens with zero attached hydrogens (tertiary/aromatic N) is 1. The molecular formula is C15H29NO2. The van der Waals surface area contributed by atoms with Gasteiger partial charge in [-0.15, -0.1) is 0 Å². The molecule has 1 N–H and O–H groups in total. The summed E-state index contributed by atoms with van der Waals surface area (Å²) in [6, 6.07) is 0. The van der Waals surface area contributed by atoms with Gasteiger partial charge < -0.3 is 10.0 Å². The zero-order valence-corrected chi connectivity index (χ0v) is 11.9. The van der Waals surface area contributed by atoms with Crippen LogP contribution in [0.25, 0.3) is 0 Å². The van der Waals surface area contributed by atoms with Gasteiger partial charge in [0.1, 0.15) is 0 Å². The Balaban J connectivity index is 1.93. The Morgan fingerprint density at radius 1 is 1.11 bits per heavy atom. The lowest BCUT2D eigenvalue weighted by Crippen LogP contribution is -2.26. The largest absolute Gasteiger partial charge is 0.396 e. The van der Waals surface area contributed by atoms with E-state index >= 15 is 0 Å². The summed E-state index contributed by atoms with van der Waals surface area (Å²) in [6.07, 6.45) is 11.0. The maximum Gasteiger partial charge on any atom is 0.223 e. The molecule has 1 aliphatic heterocycles. The fourth-order valence-electron chi connectivity index (χ4n) is 2.63. The van der Waals surface area contributed by atoms with Crippen LogP contribution < -0.4 is 0 Å². The van der Waals surface area contributed by atoms with Gasteiger partial charge in [-0.1, -0.05) is 51.9 Å². The average Bonchev–Trinajstić information content (AvgIpc) is 2.73. The SMILES string of the molecule is CCCCCCCCCCN1CC(CO)CC1=O. The second-order valence-corrected chi connectivity index (χ2v) is 5.57. The van der Waals surface area contributed by atoms with Gasteiger partial charge in [-0.25, -0.2) is 0 Å². The molecule has 0 aromatic heterocycles. The summed E-state index contributed by atoms with van der Waals surface area (Å²) in [7, 11) is 0. The molecule has 18 heavy (non-hydrogen) atoms. The lowest BCUT2D eigenvalue weighted by molar-refractivity contribution is -0.127. The third-order valence-corrected chi connectivity index (χ3v) is 3.83. The van der Waals surface area contributed by atoms with Crippen molar-refractivity contribution in [2.75, 3.05) is 19.7 Å². The van der Waals surface area contributed by atoms with Crippen molar-refractivity contribution in [2.45, 2.75) is 64.7 Å². The van der Waals surface area contributed by atoms with Gasteiger partial charge in [-0.05, 0) is 6.42 Å². The summed E-state index contributed by atoms with van der Waals surface area (Å²) in [5.41, 5.74) is 0. The van der Waals surface area contributed by atoms with Crippen molar-refractivity contribution >= 4 is 5.91 Å². The average molecular weight is 255 g/mol. The first kappa shape index (κ1) is 15.5. The van der Waals surface area contributed by atoms with Crippen LogP contribution >= 0.6 is 0 Å². The van der Waals surface area contributed by atoms with E-state index < -0.39 is 0 Å². The van der Waals surface area contributed by atoms with Crippen molar-refractivity contribution in [3.63, 3.8) is 0 Å². The predicted molar refractivity (Wildman–Crippen MR) is 74.4 cm³/mol. The van der Waals surface area contributed by atoms with E-state index in [4.69, 9.17) is 5.11 Å². The van der Waals surface area contributed by atoms with Crippen LogP contribution in [0.15, 0.2) is 0 Å². The maximum absolute atomic E-state index is 11.6. The van der Waals surface area contributed by atoms with Crippen LogP contribution in [0.3, 0.4) is 0 Å². The lowest BCUT2D eigenvalue weighted by atomic mass is 10.1. The zero-order valence-electron chi connectivity index (χ0n) is 11.9. The first-order chi connectivity index (χ1) is 8.77. The number of aliphatic hydroxyl groups excluding tert-OH is 1. The summed E-state index contributed by atoms with van der Waals surface area (Å²) in [4.78, 5) is 13.5. The van der Waals surface area contributed by atoms with Crippen molar-refractivity contribution in [1.29, 1.82) is 0 Å². The molecule has 1 amide bonds. The third-order valence-electron chi connectivity index (χ3n) is 3.83. The Morgan fingerprint density at radius 3 is 2.28 bits per heavy atom. The Kier molecular flexibility index (Phi) is 8.06. The zero-order chi connectivity index (χ0) is 13.2. The summed E-state index contributed by atoms with van der Waals surface area (Å²) >= 11 is 0. The predicted octanol–water partition coefficient (Wildman–Crippen LogP) is 2.97. The molecule has 1 fully saturated rings. The molecule has 3 nitrogen and oxygen atoms in total. The van der Waals surface area contributed by atoms with E-state index in [-0.39, 0.29) is 18.4 Å². The molecule has 1 aliphatic rings. The smallest absolute Gasteiger partial charge is 0.223 e. The van der Waals surface area contributed by atoms with Crippen molar-refractivity contribution in [1.82, 2.24) is 4.90 Å². The Hall–Kier alpha value is -0.570. The van der Waals surface area contributed by atoms with Gasteiger partial charge in [0.2, 0.25) is 5.91 Å². The molecule has 0 saturated carbocycles. The molecule has 1 saturated heterocycles. The van der Waals surface area contributed by atoms with E-state index in [1.54, 1.807) is 0 Å². The summed E-state index contributed by atoms with van der Waals surface area (Å²) in [5.74, 6) is 0.420. The van der Waals surface area contributed by atoms with E-state index in [1.807, 2.05) is 4.90 Å². The molecule has 1 atom stereocenters. The highest BCUT2D eigenvalue weighted by molar-refractivity contribution is 5.78. The van der Waals surface area contributed by atoms with E-state index in [0.717, 1.165) is 19.5 Å². The fraction of sp³-hybridized carbons (Fsp3) is 0.933. The topological polar surface area (TPSA) is 40.5 Å². The summed E-state index contributed by atoms with van der Waals surface area (Å²) in [6.45, 7) is 4.06. The first-order valence-corrected chi connectivity index (χ1v) is 7.66. The standard InChI is InChI=1S/C15H29NO2/c1-2-3-4-5-6-7-8-9-10-16-12-14(13-17)11-15(16)18/h14,17H,2-13H2,1H3. The Morgan fingerprint density at radius 2 is 1.72 bits per heavy atom. The monoisotopic (exact) mass is 255 g/mol. The third kappa shape index (κ3) is 5.85. The first-order valence-electron chi connectivity index (χ1n) is 7.66. The van der Waals surface area contributed by atoms with Crippen LogP contribution in [0.5, 0.6) is 0 Å². The summed E-state index contributed by atoms with van der Waals surface area (Å²) in [5, 5.41) is 9.04. The van der Waals surface area contributed by atoms with Gasteiger partial charge in [0.15, 0.2) is 0 Å². The quantitative estimate of drug-likeness (QED) is 0.610. The molecule has 0 bridgehead atoms. The molecule has 0 aliphatic carbocycles. The van der Waals surface area contributed by atoms with Crippen LogP contribution in [-0.2, 0) is 4.79 Å². The number of unbranched alkanes of at least 4 members (excludes halogenated alkanes) is 7. The maximum atomic E-state index is 11.6. The molecule has 1 heterocycles. The van der Waals surface area contributed by atoms with E-state index in [0.29, 0.717) is 6.42 Å². The minimum Gasteiger partial charge on any atom is -0.396 e. The normalized spacial score (nSPS) is 19.8. The minimum absolute atomic E-state index is 0.152. The molecule has 1 rings (SSSR count). The number of aliphatic hydroxyl groups is 1. The highest BCUT2D eigenvalue weighted by atomic mass is 16.3. The molecule has 106 valence electrons. The summed E-state index contributed by atoms with van der Waals surface area (Å²) < 4.78 is 0. The van der Waals surface area contributed by atoms with E-state index in [9.17, 15) is 4.79 Å². The number of likely N-dealkylation sites (tertiary alicyclic amines) is 1. The van der Waals surface area contributed by atoms with Crippen LogP contribution in [-0.4, -0.2) is 35.6 Å². The van der Waals surface area contributed by atoms with E-state index in [2.05, 4.69) is 6.92 Å². The van der Waals surface area contributed by atoms with Crippen LogP contribution in [0.4, 0.5) is 0 Å². The fourth-order valence-corrected chi connectivity index (χ4v) is 2.63. The van der Waals surface area contributed by atoms with E-state index in [1.165, 1.54) is 44.9 Å².